The number of benzene rings is 2. The van der Waals surface area contributed by atoms with Crippen LogP contribution in [0.3, 0.4) is 0 Å². The molecular formula is C23H26N2O6S. The van der Waals surface area contributed by atoms with Crippen LogP contribution >= 0.6 is 0 Å². The summed E-state index contributed by atoms with van der Waals surface area (Å²) >= 11 is 0. The van der Waals surface area contributed by atoms with Gasteiger partial charge in [0.2, 0.25) is 10.0 Å². The maximum atomic E-state index is 12.8. The number of aromatic nitrogens is 1. The van der Waals surface area contributed by atoms with Crippen LogP contribution in [0.4, 0.5) is 0 Å². The molecule has 0 bridgehead atoms. The zero-order valence-corrected chi connectivity index (χ0v) is 18.7. The van der Waals surface area contributed by atoms with Crippen molar-refractivity contribution in [3.63, 3.8) is 0 Å². The summed E-state index contributed by atoms with van der Waals surface area (Å²) in [5.74, 6) is -1.07. The van der Waals surface area contributed by atoms with Crippen LogP contribution in [0.1, 0.15) is 24.8 Å². The highest BCUT2D eigenvalue weighted by Crippen LogP contribution is 2.25. The van der Waals surface area contributed by atoms with Gasteiger partial charge < -0.3 is 9.15 Å². The average molecular weight is 459 g/mol. The van der Waals surface area contributed by atoms with Gasteiger partial charge in [0.1, 0.15) is 0 Å². The SMILES string of the molecule is Cc1ccc(S(=O)(=O)N2CCC(C(=O)OCCCn3c(=O)oc4ccccc43)CC2)cc1. The fourth-order valence-electron chi connectivity index (χ4n) is 3.93. The molecule has 0 N–H and O–H groups in total. The molecule has 8 nitrogen and oxygen atoms in total. The minimum absolute atomic E-state index is 0.187. The molecular weight excluding hydrogens is 432 g/mol. The Morgan fingerprint density at radius 1 is 1.09 bits per heavy atom. The number of rotatable bonds is 7. The van der Waals surface area contributed by atoms with E-state index in [0.717, 1.165) is 5.56 Å². The zero-order valence-electron chi connectivity index (χ0n) is 17.9. The first-order valence-corrected chi connectivity index (χ1v) is 12.1. The summed E-state index contributed by atoms with van der Waals surface area (Å²) in [4.78, 5) is 24.7. The summed E-state index contributed by atoms with van der Waals surface area (Å²) in [7, 11) is -3.56. The Labute approximate surface area is 186 Å². The molecule has 1 aliphatic heterocycles. The van der Waals surface area contributed by atoms with Gasteiger partial charge in [0.05, 0.1) is 22.9 Å². The molecule has 2 heterocycles. The molecule has 1 aliphatic rings. The number of hydrogen-bond acceptors (Lipinski definition) is 6. The number of piperidine rings is 1. The molecule has 4 rings (SSSR count). The van der Waals surface area contributed by atoms with Crippen molar-refractivity contribution in [3.8, 4) is 0 Å². The largest absolute Gasteiger partial charge is 0.465 e. The smallest absolute Gasteiger partial charge is 0.419 e. The predicted octanol–water partition coefficient (Wildman–Crippen LogP) is 2.94. The molecule has 0 amide bonds. The van der Waals surface area contributed by atoms with Crippen LogP contribution in [0, 0.1) is 12.8 Å². The van der Waals surface area contributed by atoms with Crippen LogP contribution in [0.2, 0.25) is 0 Å². The Hall–Kier alpha value is -2.91. The van der Waals surface area contributed by atoms with Gasteiger partial charge in [-0.3, -0.25) is 9.36 Å². The van der Waals surface area contributed by atoms with E-state index in [0.29, 0.717) is 36.9 Å². The zero-order chi connectivity index (χ0) is 22.7. The lowest BCUT2D eigenvalue weighted by atomic mass is 9.98. The van der Waals surface area contributed by atoms with E-state index in [9.17, 15) is 18.0 Å². The molecule has 0 atom stereocenters. The second kappa shape index (κ2) is 9.30. The van der Waals surface area contributed by atoms with Crippen molar-refractivity contribution < 1.29 is 22.4 Å². The maximum Gasteiger partial charge on any atom is 0.419 e. The van der Waals surface area contributed by atoms with Crippen molar-refractivity contribution in [2.24, 2.45) is 5.92 Å². The first-order valence-electron chi connectivity index (χ1n) is 10.7. The maximum absolute atomic E-state index is 12.8. The van der Waals surface area contributed by atoms with Gasteiger partial charge in [-0.2, -0.15) is 4.31 Å². The van der Waals surface area contributed by atoms with Crippen molar-refractivity contribution in [2.45, 2.75) is 37.6 Å². The highest BCUT2D eigenvalue weighted by molar-refractivity contribution is 7.89. The lowest BCUT2D eigenvalue weighted by molar-refractivity contribution is -0.150. The van der Waals surface area contributed by atoms with Gasteiger partial charge in [-0.05, 0) is 50.5 Å². The molecule has 2 aromatic carbocycles. The first kappa shape index (κ1) is 22.3. The minimum atomic E-state index is -3.56. The second-order valence-electron chi connectivity index (χ2n) is 8.00. The fourth-order valence-corrected chi connectivity index (χ4v) is 5.40. The van der Waals surface area contributed by atoms with Crippen molar-refractivity contribution in [1.82, 2.24) is 8.87 Å². The number of hydrogen-bond donors (Lipinski definition) is 0. The third-order valence-corrected chi connectivity index (χ3v) is 7.70. The van der Waals surface area contributed by atoms with E-state index in [2.05, 4.69) is 0 Å². The van der Waals surface area contributed by atoms with Gasteiger partial charge in [0.15, 0.2) is 5.58 Å². The summed E-state index contributed by atoms with van der Waals surface area (Å²) in [5.41, 5.74) is 2.24. The quantitative estimate of drug-likeness (QED) is 0.399. The van der Waals surface area contributed by atoms with Gasteiger partial charge in [0.25, 0.3) is 0 Å². The Bertz CT molecular complexity index is 1250. The number of esters is 1. The van der Waals surface area contributed by atoms with Crippen LogP contribution in [0.25, 0.3) is 11.1 Å². The molecule has 0 unspecified atom stereocenters. The predicted molar refractivity (Wildman–Crippen MR) is 119 cm³/mol. The second-order valence-corrected chi connectivity index (χ2v) is 9.94. The lowest BCUT2D eigenvalue weighted by Gasteiger charge is -2.30. The summed E-state index contributed by atoms with van der Waals surface area (Å²) in [5, 5.41) is 0. The van der Waals surface area contributed by atoms with Crippen LogP contribution in [-0.4, -0.2) is 43.0 Å². The standard InChI is InChI=1S/C23H26N2O6S/c1-17-7-9-19(10-8-17)32(28,29)24-14-11-18(12-15-24)22(26)30-16-4-13-25-20-5-2-3-6-21(20)31-23(25)27/h2-3,5-10,18H,4,11-16H2,1H3. The molecule has 3 aromatic rings. The third kappa shape index (κ3) is 4.63. The van der Waals surface area contributed by atoms with Crippen LogP contribution in [0.15, 0.2) is 62.6 Å². The van der Waals surface area contributed by atoms with E-state index in [1.807, 2.05) is 19.1 Å². The number of aryl methyl sites for hydroxylation is 2. The summed E-state index contributed by atoms with van der Waals surface area (Å²) < 4.78 is 39.1. The molecule has 0 saturated carbocycles. The van der Waals surface area contributed by atoms with E-state index < -0.39 is 15.8 Å². The van der Waals surface area contributed by atoms with Crippen molar-refractivity contribution >= 4 is 27.1 Å². The number of sulfonamides is 1. The minimum Gasteiger partial charge on any atom is -0.465 e. The fraction of sp³-hybridized carbons (Fsp3) is 0.391. The molecule has 0 aliphatic carbocycles. The highest BCUT2D eigenvalue weighted by atomic mass is 32.2. The van der Waals surface area contributed by atoms with Gasteiger partial charge in [-0.15, -0.1) is 0 Å². The lowest BCUT2D eigenvalue weighted by Crippen LogP contribution is -2.40. The number of carbonyl (C=O) groups is 1. The Morgan fingerprint density at radius 2 is 1.78 bits per heavy atom. The normalized spacial score (nSPS) is 15.8. The van der Waals surface area contributed by atoms with Crippen LogP contribution in [-0.2, 0) is 26.1 Å². The Morgan fingerprint density at radius 3 is 2.50 bits per heavy atom. The van der Waals surface area contributed by atoms with E-state index in [1.54, 1.807) is 36.4 Å². The van der Waals surface area contributed by atoms with Crippen LogP contribution < -0.4 is 5.76 Å². The number of para-hydroxylation sites is 2. The summed E-state index contributed by atoms with van der Waals surface area (Å²) in [6.45, 7) is 3.05. The molecule has 0 radical (unpaired) electrons. The van der Waals surface area contributed by atoms with E-state index in [-0.39, 0.29) is 36.5 Å². The Balaban J connectivity index is 1.25. The molecule has 32 heavy (non-hydrogen) atoms. The highest BCUT2D eigenvalue weighted by Gasteiger charge is 2.32. The number of carbonyl (C=O) groups excluding carboxylic acids is 1. The molecule has 1 fully saturated rings. The monoisotopic (exact) mass is 458 g/mol. The average Bonchev–Trinajstić information content (AvgIpc) is 3.12. The van der Waals surface area contributed by atoms with Gasteiger partial charge in [-0.25, -0.2) is 13.2 Å². The number of ether oxygens (including phenoxy) is 1. The van der Waals surface area contributed by atoms with E-state index >= 15 is 0 Å². The van der Waals surface area contributed by atoms with E-state index in [4.69, 9.17) is 9.15 Å². The van der Waals surface area contributed by atoms with Crippen molar-refractivity contribution in [1.29, 1.82) is 0 Å². The molecule has 1 aromatic heterocycles. The molecule has 0 spiro atoms. The first-order chi connectivity index (χ1) is 15.4. The van der Waals surface area contributed by atoms with Crippen LogP contribution in [0.5, 0.6) is 0 Å². The number of oxazole rings is 1. The van der Waals surface area contributed by atoms with Crippen molar-refractivity contribution in [3.05, 3.63) is 64.6 Å². The molecule has 170 valence electrons. The van der Waals surface area contributed by atoms with Gasteiger partial charge >= 0.3 is 11.7 Å². The summed E-state index contributed by atoms with van der Waals surface area (Å²) in [6.07, 6.45) is 1.33. The molecule has 9 heteroatoms. The Kier molecular flexibility index (Phi) is 6.48. The van der Waals surface area contributed by atoms with Gasteiger partial charge in [0, 0.05) is 19.6 Å². The molecule has 1 saturated heterocycles. The van der Waals surface area contributed by atoms with E-state index in [1.165, 1.54) is 8.87 Å². The van der Waals surface area contributed by atoms with Crippen molar-refractivity contribution in [2.75, 3.05) is 19.7 Å². The topological polar surface area (TPSA) is 98.8 Å². The number of fused-ring (bicyclic) bond motifs is 1. The number of nitrogens with zero attached hydrogens (tertiary/aromatic N) is 2. The summed E-state index contributed by atoms with van der Waals surface area (Å²) in [6, 6.07) is 13.9. The third-order valence-electron chi connectivity index (χ3n) is 5.79. The van der Waals surface area contributed by atoms with Gasteiger partial charge in [-0.1, -0.05) is 29.8 Å².